The van der Waals surface area contributed by atoms with E-state index in [-0.39, 0.29) is 11.9 Å². The minimum atomic E-state index is 0.0314. The number of rotatable bonds is 5. The van der Waals surface area contributed by atoms with Gasteiger partial charge in [0.05, 0.1) is 6.20 Å². The molecule has 102 valence electrons. The van der Waals surface area contributed by atoms with Crippen LogP contribution in [-0.2, 0) is 4.79 Å². The molecule has 5 heteroatoms. The highest BCUT2D eigenvalue weighted by Crippen LogP contribution is 2.41. The van der Waals surface area contributed by atoms with Crippen LogP contribution >= 0.6 is 0 Å². The third-order valence-corrected chi connectivity index (χ3v) is 3.72. The van der Waals surface area contributed by atoms with Gasteiger partial charge < -0.3 is 15.4 Å². The Morgan fingerprint density at radius 3 is 3.11 bits per heavy atom. The molecular formula is C14H19N3O2. The van der Waals surface area contributed by atoms with E-state index < -0.39 is 0 Å². The first-order valence-electron chi connectivity index (χ1n) is 6.80. The molecule has 0 radical (unpaired) electrons. The molecule has 5 nitrogen and oxygen atoms in total. The number of aromatic nitrogens is 1. The molecule has 2 heterocycles. The Balaban J connectivity index is 1.56. The summed E-state index contributed by atoms with van der Waals surface area (Å²) >= 11 is 0. The molecule has 19 heavy (non-hydrogen) atoms. The molecule has 1 saturated carbocycles. The van der Waals surface area contributed by atoms with Crippen molar-refractivity contribution >= 4 is 5.91 Å². The van der Waals surface area contributed by atoms with Gasteiger partial charge in [0.25, 0.3) is 0 Å². The maximum atomic E-state index is 11.0. The van der Waals surface area contributed by atoms with E-state index >= 15 is 0 Å². The largest absolute Gasteiger partial charge is 0.490 e. The number of carbonyl (C=O) groups excluding carboxylic acids is 1. The normalized spacial score (nSPS) is 28.4. The molecule has 1 aromatic rings. The molecule has 0 bridgehead atoms. The van der Waals surface area contributed by atoms with Crippen LogP contribution in [-0.4, -0.2) is 36.1 Å². The monoisotopic (exact) mass is 261 g/mol. The van der Waals surface area contributed by atoms with Crippen LogP contribution in [0.1, 0.15) is 31.2 Å². The van der Waals surface area contributed by atoms with E-state index in [9.17, 15) is 4.79 Å². The van der Waals surface area contributed by atoms with Crippen LogP contribution in [0.5, 0.6) is 5.75 Å². The Bertz CT molecular complexity index is 474. The fourth-order valence-electron chi connectivity index (χ4n) is 2.39. The van der Waals surface area contributed by atoms with Gasteiger partial charge in [-0.25, -0.2) is 0 Å². The second-order valence-electron chi connectivity index (χ2n) is 5.35. The molecular weight excluding hydrogens is 242 g/mol. The van der Waals surface area contributed by atoms with Gasteiger partial charge in [-0.3, -0.25) is 9.78 Å². The van der Waals surface area contributed by atoms with Crippen LogP contribution in [0.25, 0.3) is 0 Å². The molecule has 1 aromatic heterocycles. The zero-order valence-corrected chi connectivity index (χ0v) is 11.1. The van der Waals surface area contributed by atoms with Gasteiger partial charge in [0.1, 0.15) is 12.4 Å². The van der Waals surface area contributed by atoms with Crippen molar-refractivity contribution < 1.29 is 9.53 Å². The summed E-state index contributed by atoms with van der Waals surface area (Å²) in [6.07, 6.45) is 5.79. The van der Waals surface area contributed by atoms with Gasteiger partial charge in [-0.2, -0.15) is 0 Å². The predicted octanol–water partition coefficient (Wildman–Crippen LogP) is 0.814. The summed E-state index contributed by atoms with van der Waals surface area (Å²) in [5.74, 6) is 1.24. The standard InChI is InChI=1S/C14H19N3O2/c1-9(18)17-14-5-13(14)10-4-12(7-15-6-10)19-8-11-2-3-16-11/h4,6-7,11,13-14,16H,2-3,5,8H2,1H3,(H,17,18)/t11-,13+,14-/m0/s1. The quantitative estimate of drug-likeness (QED) is 0.823. The molecule has 3 rings (SSSR count). The van der Waals surface area contributed by atoms with Crippen LogP contribution in [0.4, 0.5) is 0 Å². The van der Waals surface area contributed by atoms with Crippen LogP contribution in [0, 0.1) is 0 Å². The number of ether oxygens (including phenoxy) is 1. The summed E-state index contributed by atoms with van der Waals surface area (Å²) in [7, 11) is 0. The molecule has 2 N–H and O–H groups in total. The second-order valence-corrected chi connectivity index (χ2v) is 5.35. The smallest absolute Gasteiger partial charge is 0.217 e. The minimum Gasteiger partial charge on any atom is -0.490 e. The molecule has 3 atom stereocenters. The topological polar surface area (TPSA) is 63.2 Å². The first-order valence-corrected chi connectivity index (χ1v) is 6.80. The first kappa shape index (κ1) is 12.4. The second kappa shape index (κ2) is 5.17. The van der Waals surface area contributed by atoms with E-state index in [4.69, 9.17) is 4.74 Å². The number of carbonyl (C=O) groups is 1. The zero-order valence-electron chi connectivity index (χ0n) is 11.1. The molecule has 0 aromatic carbocycles. The highest BCUT2D eigenvalue weighted by Gasteiger charge is 2.39. The fraction of sp³-hybridized carbons (Fsp3) is 0.571. The number of hydrogen-bond acceptors (Lipinski definition) is 4. The summed E-state index contributed by atoms with van der Waals surface area (Å²) in [6.45, 7) is 3.34. The minimum absolute atomic E-state index is 0.0314. The van der Waals surface area contributed by atoms with Crippen molar-refractivity contribution in [2.45, 2.75) is 37.8 Å². The lowest BCUT2D eigenvalue weighted by Gasteiger charge is -2.27. The maximum Gasteiger partial charge on any atom is 0.217 e. The van der Waals surface area contributed by atoms with Gasteiger partial charge in [0.2, 0.25) is 5.91 Å². The Kier molecular flexibility index (Phi) is 3.38. The highest BCUT2D eigenvalue weighted by atomic mass is 16.5. The van der Waals surface area contributed by atoms with Gasteiger partial charge in [-0.15, -0.1) is 0 Å². The molecule has 1 amide bonds. The highest BCUT2D eigenvalue weighted by molar-refractivity contribution is 5.73. The summed E-state index contributed by atoms with van der Waals surface area (Å²) in [4.78, 5) is 15.2. The number of hydrogen-bond donors (Lipinski definition) is 2. The molecule has 0 spiro atoms. The lowest BCUT2D eigenvalue weighted by atomic mass is 10.1. The average molecular weight is 261 g/mol. The Morgan fingerprint density at radius 1 is 1.58 bits per heavy atom. The van der Waals surface area contributed by atoms with E-state index in [1.807, 2.05) is 12.3 Å². The summed E-state index contributed by atoms with van der Waals surface area (Å²) < 4.78 is 5.73. The van der Waals surface area contributed by atoms with E-state index in [2.05, 4.69) is 15.6 Å². The number of nitrogens with zero attached hydrogens (tertiary/aromatic N) is 1. The number of amides is 1. The van der Waals surface area contributed by atoms with Crippen LogP contribution in [0.15, 0.2) is 18.5 Å². The zero-order chi connectivity index (χ0) is 13.2. The van der Waals surface area contributed by atoms with Crippen LogP contribution < -0.4 is 15.4 Å². The molecule has 2 fully saturated rings. The average Bonchev–Trinajstić information content (AvgIpc) is 3.06. The van der Waals surface area contributed by atoms with Crippen molar-refractivity contribution in [1.82, 2.24) is 15.6 Å². The summed E-state index contributed by atoms with van der Waals surface area (Å²) in [6, 6.07) is 2.79. The van der Waals surface area contributed by atoms with Crippen LogP contribution in [0.3, 0.4) is 0 Å². The van der Waals surface area contributed by atoms with E-state index in [0.717, 1.165) is 24.3 Å². The van der Waals surface area contributed by atoms with Crippen molar-refractivity contribution in [3.63, 3.8) is 0 Å². The lowest BCUT2D eigenvalue weighted by Crippen LogP contribution is -2.46. The van der Waals surface area contributed by atoms with Gasteiger partial charge in [-0.1, -0.05) is 0 Å². The van der Waals surface area contributed by atoms with Crippen molar-refractivity contribution in [3.05, 3.63) is 24.0 Å². The predicted molar refractivity (Wildman–Crippen MR) is 71.1 cm³/mol. The summed E-state index contributed by atoms with van der Waals surface area (Å²) in [5.41, 5.74) is 1.15. The third kappa shape index (κ3) is 3.04. The molecule has 1 aliphatic heterocycles. The van der Waals surface area contributed by atoms with Gasteiger partial charge >= 0.3 is 0 Å². The Morgan fingerprint density at radius 2 is 2.42 bits per heavy atom. The van der Waals surface area contributed by atoms with E-state index in [1.165, 1.54) is 6.42 Å². The van der Waals surface area contributed by atoms with Crippen molar-refractivity contribution in [1.29, 1.82) is 0 Å². The fourth-order valence-corrected chi connectivity index (χ4v) is 2.39. The van der Waals surface area contributed by atoms with Crippen molar-refractivity contribution in [2.75, 3.05) is 13.2 Å². The van der Waals surface area contributed by atoms with Crippen LogP contribution in [0.2, 0.25) is 0 Å². The number of pyridine rings is 1. The molecule has 1 saturated heterocycles. The van der Waals surface area contributed by atoms with E-state index in [1.54, 1.807) is 13.1 Å². The molecule has 2 aliphatic rings. The van der Waals surface area contributed by atoms with E-state index in [0.29, 0.717) is 18.6 Å². The Labute approximate surface area is 112 Å². The van der Waals surface area contributed by atoms with Crippen molar-refractivity contribution in [3.8, 4) is 5.75 Å². The number of nitrogens with one attached hydrogen (secondary N) is 2. The van der Waals surface area contributed by atoms with Crippen molar-refractivity contribution in [2.24, 2.45) is 0 Å². The van der Waals surface area contributed by atoms with Gasteiger partial charge in [-0.05, 0) is 31.0 Å². The Hall–Kier alpha value is -1.62. The molecule has 1 aliphatic carbocycles. The van der Waals surface area contributed by atoms with Gasteiger partial charge in [0, 0.05) is 31.1 Å². The SMILES string of the molecule is CC(=O)N[C@H]1C[C@@H]1c1cncc(OC[C@@H]2CCN2)c1. The lowest BCUT2D eigenvalue weighted by molar-refractivity contribution is -0.119. The molecule has 0 unspecified atom stereocenters. The summed E-state index contributed by atoms with van der Waals surface area (Å²) in [5, 5.41) is 6.24. The first-order chi connectivity index (χ1) is 9.22. The maximum absolute atomic E-state index is 11.0. The van der Waals surface area contributed by atoms with Gasteiger partial charge in [0.15, 0.2) is 0 Å². The third-order valence-electron chi connectivity index (χ3n) is 3.72.